The van der Waals surface area contributed by atoms with Crippen molar-refractivity contribution >= 4 is 11.3 Å². The van der Waals surface area contributed by atoms with E-state index in [1.54, 1.807) is 11.3 Å². The maximum atomic E-state index is 5.86. The van der Waals surface area contributed by atoms with E-state index in [4.69, 9.17) is 5.73 Å². The summed E-state index contributed by atoms with van der Waals surface area (Å²) in [6.45, 7) is 7.87. The van der Waals surface area contributed by atoms with E-state index < -0.39 is 0 Å². The minimum atomic E-state index is 0.127. The van der Waals surface area contributed by atoms with Crippen molar-refractivity contribution < 1.29 is 0 Å². The van der Waals surface area contributed by atoms with Gasteiger partial charge in [0.1, 0.15) is 0 Å². The normalized spacial score (nSPS) is 21.2. The summed E-state index contributed by atoms with van der Waals surface area (Å²) in [7, 11) is 0. The lowest BCUT2D eigenvalue weighted by Gasteiger charge is -2.29. The minimum absolute atomic E-state index is 0.127. The number of likely N-dealkylation sites (tertiary alicyclic amines) is 1. The molecule has 2 N–H and O–H groups in total. The molecule has 0 aliphatic carbocycles. The highest BCUT2D eigenvalue weighted by atomic mass is 32.1. The van der Waals surface area contributed by atoms with Crippen LogP contribution in [-0.2, 0) is 0 Å². The molecule has 2 heterocycles. The third-order valence-corrected chi connectivity index (χ3v) is 4.74. The molecule has 1 aromatic rings. The molecule has 1 aliphatic heterocycles. The molecule has 16 heavy (non-hydrogen) atoms. The number of hydrogen-bond donors (Lipinski definition) is 1. The lowest BCUT2D eigenvalue weighted by Crippen LogP contribution is -2.32. The fourth-order valence-electron chi connectivity index (χ4n) is 2.20. The van der Waals surface area contributed by atoms with E-state index >= 15 is 0 Å². The van der Waals surface area contributed by atoms with E-state index in [0.29, 0.717) is 5.92 Å². The van der Waals surface area contributed by atoms with Crippen LogP contribution in [0.25, 0.3) is 0 Å². The average molecular weight is 239 g/mol. The van der Waals surface area contributed by atoms with Crippen molar-refractivity contribution in [3.63, 3.8) is 0 Å². The predicted octanol–water partition coefficient (Wildman–Crippen LogP) is 2.36. The van der Waals surface area contributed by atoms with Crippen molar-refractivity contribution in [2.45, 2.75) is 38.6 Å². The molecule has 1 aromatic heterocycles. The zero-order chi connectivity index (χ0) is 11.5. The topological polar surface area (TPSA) is 42.2 Å². The summed E-state index contributed by atoms with van der Waals surface area (Å²) in [6.07, 6.45) is 4.45. The Hall–Kier alpha value is -0.450. The molecule has 3 nitrogen and oxygen atoms in total. The first-order valence-corrected chi connectivity index (χ1v) is 6.96. The lowest BCUT2D eigenvalue weighted by atomic mass is 9.98. The Morgan fingerprint density at radius 1 is 1.56 bits per heavy atom. The molecule has 1 unspecified atom stereocenters. The Bertz CT molecular complexity index is 327. The van der Waals surface area contributed by atoms with Gasteiger partial charge in [-0.1, -0.05) is 6.92 Å². The van der Waals surface area contributed by atoms with Gasteiger partial charge in [-0.05, 0) is 39.4 Å². The summed E-state index contributed by atoms with van der Waals surface area (Å²) >= 11 is 1.80. The van der Waals surface area contributed by atoms with E-state index in [2.05, 4.69) is 16.8 Å². The van der Waals surface area contributed by atoms with Crippen molar-refractivity contribution in [3.05, 3.63) is 16.1 Å². The summed E-state index contributed by atoms with van der Waals surface area (Å²) in [4.78, 5) is 8.26. The fraction of sp³-hybridized carbons (Fsp3) is 0.750. The maximum Gasteiger partial charge on any atom is 0.0960 e. The SMILES string of the molecule is CCN1CCC(c2ncc(C(C)N)s2)CC1. The Morgan fingerprint density at radius 2 is 2.25 bits per heavy atom. The monoisotopic (exact) mass is 239 g/mol. The van der Waals surface area contributed by atoms with Crippen LogP contribution in [0.2, 0.25) is 0 Å². The van der Waals surface area contributed by atoms with Crippen LogP contribution in [-0.4, -0.2) is 29.5 Å². The molecule has 0 amide bonds. The minimum Gasteiger partial charge on any atom is -0.323 e. The van der Waals surface area contributed by atoms with Gasteiger partial charge in [0.2, 0.25) is 0 Å². The van der Waals surface area contributed by atoms with Crippen LogP contribution in [0, 0.1) is 0 Å². The van der Waals surface area contributed by atoms with Gasteiger partial charge < -0.3 is 10.6 Å². The van der Waals surface area contributed by atoms with Crippen LogP contribution in [0.1, 0.15) is 48.5 Å². The number of piperidine rings is 1. The van der Waals surface area contributed by atoms with Gasteiger partial charge in [-0.15, -0.1) is 11.3 Å². The Labute approximate surface area is 102 Å². The fourth-order valence-corrected chi connectivity index (χ4v) is 3.24. The highest BCUT2D eigenvalue weighted by molar-refractivity contribution is 7.11. The van der Waals surface area contributed by atoms with Crippen LogP contribution < -0.4 is 5.73 Å². The van der Waals surface area contributed by atoms with E-state index in [0.717, 1.165) is 0 Å². The third-order valence-electron chi connectivity index (χ3n) is 3.37. The highest BCUT2D eigenvalue weighted by Crippen LogP contribution is 2.32. The molecule has 0 saturated carbocycles. The zero-order valence-electron chi connectivity index (χ0n) is 10.1. The number of hydrogen-bond acceptors (Lipinski definition) is 4. The van der Waals surface area contributed by atoms with Crippen LogP contribution in [0.3, 0.4) is 0 Å². The average Bonchev–Trinajstić information content (AvgIpc) is 2.78. The quantitative estimate of drug-likeness (QED) is 0.880. The Balaban J connectivity index is 1.97. The largest absolute Gasteiger partial charge is 0.323 e. The third kappa shape index (κ3) is 2.62. The summed E-state index contributed by atoms with van der Waals surface area (Å²) < 4.78 is 0. The molecular weight excluding hydrogens is 218 g/mol. The van der Waals surface area contributed by atoms with Crippen LogP contribution in [0.4, 0.5) is 0 Å². The van der Waals surface area contributed by atoms with Gasteiger partial charge >= 0.3 is 0 Å². The van der Waals surface area contributed by atoms with Crippen molar-refractivity contribution in [3.8, 4) is 0 Å². The first kappa shape index (κ1) is 12.0. The Morgan fingerprint density at radius 3 is 2.75 bits per heavy atom. The molecule has 0 spiro atoms. The molecule has 4 heteroatoms. The second kappa shape index (κ2) is 5.25. The van der Waals surface area contributed by atoms with E-state index in [1.807, 2.05) is 13.1 Å². The van der Waals surface area contributed by atoms with Crippen molar-refractivity contribution in [1.82, 2.24) is 9.88 Å². The molecule has 0 aromatic carbocycles. The van der Waals surface area contributed by atoms with Gasteiger partial charge in [-0.25, -0.2) is 4.98 Å². The summed E-state index contributed by atoms with van der Waals surface area (Å²) in [6, 6.07) is 0.127. The van der Waals surface area contributed by atoms with Crippen LogP contribution in [0.15, 0.2) is 6.20 Å². The second-order valence-electron chi connectivity index (χ2n) is 4.60. The van der Waals surface area contributed by atoms with E-state index in [1.165, 1.54) is 42.4 Å². The number of aromatic nitrogens is 1. The number of nitrogens with two attached hydrogens (primary N) is 1. The first-order chi connectivity index (χ1) is 7.70. The molecule has 90 valence electrons. The number of thiazole rings is 1. The smallest absolute Gasteiger partial charge is 0.0960 e. The van der Waals surface area contributed by atoms with Crippen molar-refractivity contribution in [1.29, 1.82) is 0 Å². The second-order valence-corrected chi connectivity index (χ2v) is 5.69. The predicted molar refractivity (Wildman–Crippen MR) is 68.8 cm³/mol. The van der Waals surface area contributed by atoms with Gasteiger partial charge in [0.15, 0.2) is 0 Å². The number of rotatable bonds is 3. The standard InChI is InChI=1S/C12H21N3S/c1-3-15-6-4-10(5-7-15)12-14-8-11(16-12)9(2)13/h8-10H,3-7,13H2,1-2H3. The van der Waals surface area contributed by atoms with Gasteiger partial charge in [0.25, 0.3) is 0 Å². The van der Waals surface area contributed by atoms with Gasteiger partial charge in [-0.2, -0.15) is 0 Å². The molecule has 1 aliphatic rings. The van der Waals surface area contributed by atoms with Gasteiger partial charge in [0, 0.05) is 23.0 Å². The first-order valence-electron chi connectivity index (χ1n) is 6.14. The molecule has 1 saturated heterocycles. The van der Waals surface area contributed by atoms with Gasteiger partial charge in [0.05, 0.1) is 5.01 Å². The highest BCUT2D eigenvalue weighted by Gasteiger charge is 2.22. The van der Waals surface area contributed by atoms with Gasteiger partial charge in [-0.3, -0.25) is 0 Å². The van der Waals surface area contributed by atoms with Crippen LogP contribution in [0.5, 0.6) is 0 Å². The Kier molecular flexibility index (Phi) is 3.95. The molecule has 0 bridgehead atoms. The maximum absolute atomic E-state index is 5.86. The molecular formula is C12H21N3S. The summed E-state index contributed by atoms with van der Waals surface area (Å²) in [5, 5.41) is 1.29. The van der Waals surface area contributed by atoms with Crippen LogP contribution >= 0.6 is 11.3 Å². The molecule has 1 atom stereocenters. The molecule has 0 radical (unpaired) electrons. The lowest BCUT2D eigenvalue weighted by molar-refractivity contribution is 0.222. The summed E-state index contributed by atoms with van der Waals surface area (Å²) in [5.74, 6) is 0.667. The van der Waals surface area contributed by atoms with E-state index in [9.17, 15) is 0 Å². The van der Waals surface area contributed by atoms with E-state index in [-0.39, 0.29) is 6.04 Å². The summed E-state index contributed by atoms with van der Waals surface area (Å²) in [5.41, 5.74) is 5.86. The molecule has 2 rings (SSSR count). The zero-order valence-corrected chi connectivity index (χ0v) is 11.0. The van der Waals surface area contributed by atoms with Crippen molar-refractivity contribution in [2.75, 3.05) is 19.6 Å². The van der Waals surface area contributed by atoms with Crippen molar-refractivity contribution in [2.24, 2.45) is 5.73 Å². The molecule has 1 fully saturated rings. The number of nitrogens with zero attached hydrogens (tertiary/aromatic N) is 2.